The smallest absolute Gasteiger partial charge is 0.327 e. The number of benzene rings is 2. The molecule has 0 N–H and O–H groups in total. The number of urea groups is 1. The Morgan fingerprint density at radius 2 is 1.59 bits per heavy atom. The summed E-state index contributed by atoms with van der Waals surface area (Å²) in [5, 5.41) is 2.52. The minimum atomic E-state index is -5.79. The molecule has 0 unspecified atom stereocenters. The number of carbonyl (C=O) groups excluding carboxylic acids is 3. The first-order valence-electron chi connectivity index (χ1n) is 12.3. The van der Waals surface area contributed by atoms with Crippen molar-refractivity contribution in [3.8, 4) is 0 Å². The second-order valence-corrected chi connectivity index (χ2v) is 12.2. The van der Waals surface area contributed by atoms with Crippen LogP contribution in [0.25, 0.3) is 10.1 Å². The maximum atomic E-state index is 13.9. The summed E-state index contributed by atoms with van der Waals surface area (Å²) in [5.74, 6) is -5.10. The summed E-state index contributed by atoms with van der Waals surface area (Å²) in [6, 6.07) is 9.02. The van der Waals surface area contributed by atoms with Crippen LogP contribution in [0, 0.1) is 0 Å². The van der Waals surface area contributed by atoms with Crippen molar-refractivity contribution >= 4 is 54.9 Å². The number of hydroxylamine groups is 2. The van der Waals surface area contributed by atoms with Gasteiger partial charge in [-0.3, -0.25) is 9.78 Å². The third-order valence-corrected chi connectivity index (χ3v) is 9.26. The highest BCUT2D eigenvalue weighted by molar-refractivity contribution is 7.92. The molecular weight excluding hydrogens is 640 g/mol. The number of amides is 3. The van der Waals surface area contributed by atoms with E-state index in [0.717, 1.165) is 10.1 Å². The van der Waals surface area contributed by atoms with Crippen LogP contribution >= 0.6 is 11.3 Å². The van der Waals surface area contributed by atoms with Crippen LogP contribution in [-0.2, 0) is 30.7 Å². The molecule has 5 rings (SSSR count). The molecule has 44 heavy (non-hydrogen) atoms. The summed E-state index contributed by atoms with van der Waals surface area (Å²) in [6.45, 7) is 0. The summed E-state index contributed by atoms with van der Waals surface area (Å²) in [5.41, 5.74) is -5.13. The van der Waals surface area contributed by atoms with Gasteiger partial charge in [0.25, 0.3) is 15.7 Å². The number of imide groups is 1. The zero-order chi connectivity index (χ0) is 32.0. The molecule has 0 spiro atoms. The molecule has 4 aromatic rings. The van der Waals surface area contributed by atoms with E-state index >= 15 is 0 Å². The molecule has 2 atom stereocenters. The van der Waals surface area contributed by atoms with E-state index in [4.69, 9.17) is 0 Å². The van der Waals surface area contributed by atoms with Crippen molar-refractivity contribution in [2.45, 2.75) is 35.0 Å². The van der Waals surface area contributed by atoms with Crippen LogP contribution < -0.4 is 4.90 Å². The number of hydrogen-bond donors (Lipinski definition) is 0. The highest BCUT2D eigenvalue weighted by atomic mass is 32.2. The van der Waals surface area contributed by atoms with Crippen molar-refractivity contribution in [1.82, 2.24) is 10.0 Å². The van der Waals surface area contributed by atoms with Gasteiger partial charge in [0.1, 0.15) is 0 Å². The van der Waals surface area contributed by atoms with Gasteiger partial charge < -0.3 is 4.84 Å². The number of anilines is 1. The molecule has 3 amide bonds. The number of nitrogens with zero attached hydrogens (tertiary/aromatic N) is 3. The second-order valence-electron chi connectivity index (χ2n) is 9.39. The Labute approximate surface area is 248 Å². The fraction of sp³-hybridized carbons (Fsp3) is 0.185. The average molecular weight is 658 g/mol. The third-order valence-electron chi connectivity index (χ3n) is 6.74. The van der Waals surface area contributed by atoms with Gasteiger partial charge in [0.15, 0.2) is 6.04 Å². The van der Waals surface area contributed by atoms with Gasteiger partial charge in [-0.1, -0.05) is 18.2 Å². The maximum Gasteiger partial charge on any atom is 0.501 e. The van der Waals surface area contributed by atoms with Crippen LogP contribution in [0.2, 0.25) is 0 Å². The third kappa shape index (κ3) is 5.59. The number of aromatic nitrogens is 1. The predicted molar refractivity (Wildman–Crippen MR) is 143 cm³/mol. The number of pyridine rings is 1. The zero-order valence-electron chi connectivity index (χ0n) is 21.7. The van der Waals surface area contributed by atoms with Crippen molar-refractivity contribution in [1.29, 1.82) is 0 Å². The van der Waals surface area contributed by atoms with Gasteiger partial charge in [-0.25, -0.2) is 22.9 Å². The lowest BCUT2D eigenvalue weighted by atomic mass is 9.86. The molecule has 0 saturated carbocycles. The van der Waals surface area contributed by atoms with E-state index in [1.807, 2.05) is 6.07 Å². The molecule has 2 aromatic heterocycles. The summed E-state index contributed by atoms with van der Waals surface area (Å²) in [4.78, 5) is 46.7. The van der Waals surface area contributed by atoms with Gasteiger partial charge in [0, 0.05) is 23.0 Å². The number of hydrogen-bond acceptors (Lipinski definition) is 8. The number of carbonyl (C=O) groups is 3. The molecular formula is C27H17F6N3O6S2. The van der Waals surface area contributed by atoms with Crippen LogP contribution in [0.4, 0.5) is 36.8 Å². The molecule has 0 bridgehead atoms. The lowest BCUT2D eigenvalue weighted by Crippen LogP contribution is -2.44. The highest BCUT2D eigenvalue weighted by Gasteiger charge is 2.55. The van der Waals surface area contributed by atoms with Crippen molar-refractivity contribution in [2.24, 2.45) is 0 Å². The van der Waals surface area contributed by atoms with Crippen LogP contribution in [0.1, 0.15) is 17.0 Å². The molecule has 9 nitrogen and oxygen atoms in total. The van der Waals surface area contributed by atoms with E-state index in [0.29, 0.717) is 40.3 Å². The van der Waals surface area contributed by atoms with Crippen LogP contribution in [0.5, 0.6) is 0 Å². The van der Waals surface area contributed by atoms with E-state index in [1.165, 1.54) is 35.9 Å². The number of alkyl halides is 6. The minimum Gasteiger partial charge on any atom is -0.327 e. The number of thiophene rings is 1. The first-order chi connectivity index (χ1) is 20.6. The first-order valence-corrected chi connectivity index (χ1v) is 14.7. The van der Waals surface area contributed by atoms with Gasteiger partial charge in [-0.2, -0.15) is 26.3 Å². The Morgan fingerprint density at radius 3 is 2.20 bits per heavy atom. The largest absolute Gasteiger partial charge is 0.501 e. The Kier molecular flexibility index (Phi) is 7.88. The number of fused-ring (bicyclic) bond motifs is 1. The van der Waals surface area contributed by atoms with Gasteiger partial charge in [0.2, 0.25) is 0 Å². The normalized spacial score (nSPS) is 16.9. The molecule has 3 heterocycles. The van der Waals surface area contributed by atoms with E-state index in [1.54, 1.807) is 23.6 Å². The van der Waals surface area contributed by atoms with Crippen LogP contribution in [0.15, 0.2) is 83.3 Å². The van der Waals surface area contributed by atoms with Crippen molar-refractivity contribution in [3.63, 3.8) is 0 Å². The zero-order valence-corrected chi connectivity index (χ0v) is 23.4. The molecule has 1 fully saturated rings. The molecule has 1 aliphatic heterocycles. The van der Waals surface area contributed by atoms with E-state index < -0.39 is 62.0 Å². The van der Waals surface area contributed by atoms with Crippen LogP contribution in [0.3, 0.4) is 0 Å². The average Bonchev–Trinajstić information content (AvgIpc) is 3.48. The SMILES string of the molecule is O=C1[C@@H]([C@H](Cc2csc3ccccc23)c2ccncc2)N(OC(=O)C(F)(F)F)C(=O)N1c1ccc(S(=O)(=O)C(F)(F)F)cc1. The summed E-state index contributed by atoms with van der Waals surface area (Å²) in [7, 11) is -5.79. The van der Waals surface area contributed by atoms with Gasteiger partial charge in [-0.05, 0) is 70.8 Å². The summed E-state index contributed by atoms with van der Waals surface area (Å²) >= 11 is 1.36. The van der Waals surface area contributed by atoms with Crippen molar-refractivity contribution in [2.75, 3.05) is 4.90 Å². The van der Waals surface area contributed by atoms with E-state index in [2.05, 4.69) is 9.82 Å². The lowest BCUT2D eigenvalue weighted by molar-refractivity contribution is -0.231. The molecule has 0 aliphatic carbocycles. The van der Waals surface area contributed by atoms with E-state index in [-0.39, 0.29) is 11.5 Å². The standard InChI is InChI=1S/C27H17F6N3O6S2/c28-26(29,30)24(38)42-36-22(20(15-9-11-34-12-10-15)13-16-14-43-21-4-2-1-3-19(16)21)23(37)35(25(36)39)17-5-7-18(8-6-17)44(40,41)27(31,32)33/h1-12,14,20,22H,13H2/t20-,22-/m1/s1. The molecule has 230 valence electrons. The summed E-state index contributed by atoms with van der Waals surface area (Å²) < 4.78 is 103. The fourth-order valence-electron chi connectivity index (χ4n) is 4.71. The van der Waals surface area contributed by atoms with Crippen molar-refractivity contribution < 1.29 is 54.0 Å². The van der Waals surface area contributed by atoms with E-state index in [9.17, 15) is 49.1 Å². The highest BCUT2D eigenvalue weighted by Crippen LogP contribution is 2.39. The lowest BCUT2D eigenvalue weighted by Gasteiger charge is -2.28. The minimum absolute atomic E-state index is 0.0157. The maximum absolute atomic E-state index is 13.9. The molecule has 1 aliphatic rings. The van der Waals surface area contributed by atoms with Gasteiger partial charge in [-0.15, -0.1) is 16.4 Å². The molecule has 17 heteroatoms. The monoisotopic (exact) mass is 657 g/mol. The van der Waals surface area contributed by atoms with Crippen LogP contribution in [-0.4, -0.2) is 54.1 Å². The Hall–Kier alpha value is -4.51. The molecule has 2 aromatic carbocycles. The van der Waals surface area contributed by atoms with Crippen molar-refractivity contribution in [3.05, 3.63) is 89.6 Å². The summed E-state index contributed by atoms with van der Waals surface area (Å²) in [6.07, 6.45) is -2.91. The number of halogens is 6. The van der Waals surface area contributed by atoms with Gasteiger partial charge >= 0.3 is 23.7 Å². The topological polar surface area (TPSA) is 114 Å². The molecule has 1 saturated heterocycles. The second kappa shape index (κ2) is 11.2. The Bertz CT molecular complexity index is 1840. The fourth-order valence-corrected chi connectivity index (χ4v) is 6.45. The quantitative estimate of drug-likeness (QED) is 0.183. The predicted octanol–water partition coefficient (Wildman–Crippen LogP) is 5.77. The van der Waals surface area contributed by atoms with Gasteiger partial charge in [0.05, 0.1) is 10.6 Å². The molecule has 0 radical (unpaired) electrons. The Morgan fingerprint density at radius 1 is 0.955 bits per heavy atom. The Balaban J connectivity index is 1.60. The number of rotatable bonds is 7. The number of sulfone groups is 1. The first kappa shape index (κ1) is 30.9.